The second-order valence-electron chi connectivity index (χ2n) is 5.05. The molecule has 2 rings (SSSR count). The fourth-order valence-corrected chi connectivity index (χ4v) is 2.89. The second kappa shape index (κ2) is 7.34. The number of halogens is 2. The molecule has 0 bridgehead atoms. The van der Waals surface area contributed by atoms with Crippen molar-refractivity contribution in [1.82, 2.24) is 0 Å². The second-order valence-corrected chi connectivity index (χ2v) is 5.90. The van der Waals surface area contributed by atoms with Gasteiger partial charge in [0.25, 0.3) is 0 Å². The number of benzene rings is 1. The van der Waals surface area contributed by atoms with Gasteiger partial charge in [-0.25, -0.2) is 0 Å². The summed E-state index contributed by atoms with van der Waals surface area (Å²) in [5.41, 5.74) is 0. The molecule has 0 aromatic heterocycles. The Bertz CT molecular complexity index is 408. The number of nitrogens with one attached hydrogen (secondary N) is 1. The Morgan fingerprint density at radius 2 is 1.95 bits per heavy atom. The molecule has 1 aliphatic heterocycles. The number of likely N-dealkylation sites (tertiary alicyclic amines) is 1. The van der Waals surface area contributed by atoms with Crippen LogP contribution in [0.15, 0.2) is 18.2 Å². The summed E-state index contributed by atoms with van der Waals surface area (Å²) in [6, 6.07) is 5.09. The molecule has 5 heteroatoms. The molecule has 1 atom stereocenters. The van der Waals surface area contributed by atoms with Gasteiger partial charge < -0.3 is 14.7 Å². The van der Waals surface area contributed by atoms with Crippen LogP contribution in [-0.2, 0) is 0 Å². The van der Waals surface area contributed by atoms with Crippen LogP contribution in [0, 0.1) is 0 Å². The zero-order chi connectivity index (χ0) is 13.7. The van der Waals surface area contributed by atoms with Gasteiger partial charge in [-0.1, -0.05) is 23.2 Å². The Morgan fingerprint density at radius 3 is 2.63 bits per heavy atom. The van der Waals surface area contributed by atoms with Crippen LogP contribution in [0.25, 0.3) is 0 Å². The van der Waals surface area contributed by atoms with E-state index in [0.29, 0.717) is 15.8 Å². The summed E-state index contributed by atoms with van der Waals surface area (Å²) in [5, 5.41) is 11.0. The van der Waals surface area contributed by atoms with Crippen molar-refractivity contribution < 1.29 is 14.7 Å². The Hall–Kier alpha value is -0.480. The van der Waals surface area contributed by atoms with Gasteiger partial charge in [0.05, 0.1) is 18.1 Å². The van der Waals surface area contributed by atoms with Crippen molar-refractivity contribution in [2.45, 2.75) is 25.4 Å². The zero-order valence-corrected chi connectivity index (χ0v) is 12.4. The number of ether oxygens (including phenoxy) is 1. The molecule has 1 aromatic rings. The highest BCUT2D eigenvalue weighted by Crippen LogP contribution is 2.27. The maximum atomic E-state index is 9.99. The Labute approximate surface area is 124 Å². The molecule has 1 heterocycles. The van der Waals surface area contributed by atoms with Crippen LogP contribution in [-0.4, -0.2) is 37.5 Å². The van der Waals surface area contributed by atoms with Crippen molar-refractivity contribution in [2.75, 3.05) is 26.2 Å². The number of quaternary nitrogens is 1. The lowest BCUT2D eigenvalue weighted by atomic mass is 10.1. The minimum absolute atomic E-state index is 0.269. The van der Waals surface area contributed by atoms with Crippen molar-refractivity contribution in [3.63, 3.8) is 0 Å². The first kappa shape index (κ1) is 14.9. The first-order chi connectivity index (χ1) is 9.15. The first-order valence-corrected chi connectivity index (χ1v) is 7.50. The lowest BCUT2D eigenvalue weighted by Crippen LogP contribution is -3.14. The first-order valence-electron chi connectivity index (χ1n) is 6.74. The lowest BCUT2D eigenvalue weighted by molar-refractivity contribution is -0.908. The SMILES string of the molecule is O[C@@H](COc1ccc(Cl)cc1Cl)C[NH+]1CCCCC1. The third kappa shape index (κ3) is 4.84. The molecule has 1 saturated heterocycles. The van der Waals surface area contributed by atoms with Crippen LogP contribution in [0.1, 0.15) is 19.3 Å². The number of aliphatic hydroxyl groups is 1. The van der Waals surface area contributed by atoms with E-state index in [2.05, 4.69) is 0 Å². The summed E-state index contributed by atoms with van der Waals surface area (Å²) in [7, 11) is 0. The van der Waals surface area contributed by atoms with Gasteiger partial charge in [0.15, 0.2) is 0 Å². The largest absolute Gasteiger partial charge is 0.489 e. The van der Waals surface area contributed by atoms with Crippen molar-refractivity contribution in [2.24, 2.45) is 0 Å². The molecule has 0 amide bonds. The van der Waals surface area contributed by atoms with Gasteiger partial charge >= 0.3 is 0 Å². The highest BCUT2D eigenvalue weighted by Gasteiger charge is 2.18. The molecular formula is C14H20Cl2NO2+. The molecule has 3 nitrogen and oxygen atoms in total. The third-order valence-corrected chi connectivity index (χ3v) is 3.94. The van der Waals surface area contributed by atoms with Gasteiger partial charge in [0, 0.05) is 5.02 Å². The maximum absolute atomic E-state index is 9.99. The van der Waals surface area contributed by atoms with E-state index in [0.717, 1.165) is 19.6 Å². The van der Waals surface area contributed by atoms with Crippen molar-refractivity contribution >= 4 is 23.2 Å². The monoisotopic (exact) mass is 304 g/mol. The van der Waals surface area contributed by atoms with E-state index in [1.807, 2.05) is 0 Å². The van der Waals surface area contributed by atoms with Crippen molar-refractivity contribution in [3.8, 4) is 5.75 Å². The van der Waals surface area contributed by atoms with E-state index in [9.17, 15) is 5.11 Å². The van der Waals surface area contributed by atoms with Crippen LogP contribution in [0.3, 0.4) is 0 Å². The Morgan fingerprint density at radius 1 is 1.21 bits per heavy atom. The molecule has 0 unspecified atom stereocenters. The zero-order valence-electron chi connectivity index (χ0n) is 10.9. The number of rotatable bonds is 5. The molecule has 1 aromatic carbocycles. The topological polar surface area (TPSA) is 33.9 Å². The van der Waals surface area contributed by atoms with Crippen LogP contribution in [0.2, 0.25) is 10.0 Å². The average Bonchev–Trinajstić information content (AvgIpc) is 2.39. The van der Waals surface area contributed by atoms with Crippen LogP contribution >= 0.6 is 23.2 Å². The molecule has 19 heavy (non-hydrogen) atoms. The average molecular weight is 305 g/mol. The third-order valence-electron chi connectivity index (χ3n) is 3.41. The molecule has 0 spiro atoms. The number of hydrogen-bond donors (Lipinski definition) is 2. The fourth-order valence-electron chi connectivity index (χ4n) is 2.43. The molecule has 0 aliphatic carbocycles. The van der Waals surface area contributed by atoms with Gasteiger partial charge in [-0.2, -0.15) is 0 Å². The minimum Gasteiger partial charge on any atom is -0.489 e. The Kier molecular flexibility index (Phi) is 5.76. The van der Waals surface area contributed by atoms with Crippen molar-refractivity contribution in [1.29, 1.82) is 0 Å². The molecule has 1 aliphatic rings. The van der Waals surface area contributed by atoms with Gasteiger partial charge in [0.2, 0.25) is 0 Å². The van der Waals surface area contributed by atoms with Gasteiger partial charge in [-0.05, 0) is 37.5 Å². The molecule has 2 N–H and O–H groups in total. The smallest absolute Gasteiger partial charge is 0.138 e. The van der Waals surface area contributed by atoms with E-state index in [-0.39, 0.29) is 6.61 Å². The van der Waals surface area contributed by atoms with Crippen molar-refractivity contribution in [3.05, 3.63) is 28.2 Å². The molecule has 0 radical (unpaired) electrons. The molecular weight excluding hydrogens is 285 g/mol. The van der Waals surface area contributed by atoms with E-state index in [1.165, 1.54) is 24.2 Å². The van der Waals surface area contributed by atoms with E-state index in [1.54, 1.807) is 18.2 Å². The Balaban J connectivity index is 1.77. The van der Waals surface area contributed by atoms with E-state index in [4.69, 9.17) is 27.9 Å². The molecule has 0 saturated carbocycles. The van der Waals surface area contributed by atoms with Crippen LogP contribution in [0.4, 0.5) is 0 Å². The quantitative estimate of drug-likeness (QED) is 0.870. The summed E-state index contributed by atoms with van der Waals surface area (Å²) in [6.45, 7) is 3.31. The predicted octanol–water partition coefficient (Wildman–Crippen LogP) is 1.80. The highest BCUT2D eigenvalue weighted by atomic mass is 35.5. The molecule has 1 fully saturated rings. The molecule has 106 valence electrons. The normalized spacial score (nSPS) is 18.3. The number of piperidine rings is 1. The maximum Gasteiger partial charge on any atom is 0.138 e. The number of hydrogen-bond acceptors (Lipinski definition) is 2. The predicted molar refractivity (Wildman–Crippen MR) is 77.4 cm³/mol. The summed E-state index contributed by atoms with van der Waals surface area (Å²) in [6.07, 6.45) is 3.37. The summed E-state index contributed by atoms with van der Waals surface area (Å²) < 4.78 is 5.54. The van der Waals surface area contributed by atoms with Gasteiger partial charge in [0.1, 0.15) is 25.0 Å². The summed E-state index contributed by atoms with van der Waals surface area (Å²) in [4.78, 5) is 1.46. The van der Waals surface area contributed by atoms with Gasteiger partial charge in [-0.15, -0.1) is 0 Å². The standard InChI is InChI=1S/C14H19Cl2NO2/c15-11-4-5-14(13(16)8-11)19-10-12(18)9-17-6-2-1-3-7-17/h4-5,8,12,18H,1-3,6-7,9-10H2/p+1/t12-/m1/s1. The van der Waals surface area contributed by atoms with E-state index < -0.39 is 6.10 Å². The number of aliphatic hydroxyl groups excluding tert-OH is 1. The summed E-state index contributed by atoms with van der Waals surface area (Å²) >= 11 is 11.8. The van der Waals surface area contributed by atoms with Crippen LogP contribution in [0.5, 0.6) is 5.75 Å². The highest BCUT2D eigenvalue weighted by molar-refractivity contribution is 6.35. The fraction of sp³-hybridized carbons (Fsp3) is 0.571. The van der Waals surface area contributed by atoms with Crippen LogP contribution < -0.4 is 9.64 Å². The lowest BCUT2D eigenvalue weighted by Gasteiger charge is -2.25. The van der Waals surface area contributed by atoms with Gasteiger partial charge in [-0.3, -0.25) is 0 Å². The summed E-state index contributed by atoms with van der Waals surface area (Å²) in [5.74, 6) is 0.568. The minimum atomic E-state index is -0.458. The van der Waals surface area contributed by atoms with E-state index >= 15 is 0 Å².